The third-order valence-corrected chi connectivity index (χ3v) is 5.20. The summed E-state index contributed by atoms with van der Waals surface area (Å²) in [6, 6.07) is 8.12. The van der Waals surface area contributed by atoms with Crippen molar-refractivity contribution in [3.05, 3.63) is 29.8 Å². The maximum absolute atomic E-state index is 12.7. The third-order valence-electron chi connectivity index (χ3n) is 3.62. The zero-order chi connectivity index (χ0) is 13.8. The minimum atomic E-state index is -1.10. The molecule has 1 heterocycles. The molecule has 1 N–H and O–H groups in total. The highest BCUT2D eigenvalue weighted by atomic mass is 32.2. The van der Waals surface area contributed by atoms with Gasteiger partial charge in [0.15, 0.2) is 0 Å². The Morgan fingerprint density at radius 2 is 2.05 bits per heavy atom. The average Bonchev–Trinajstić information content (AvgIpc) is 2.39. The van der Waals surface area contributed by atoms with Crippen LogP contribution in [0.5, 0.6) is 0 Å². The van der Waals surface area contributed by atoms with Gasteiger partial charge in [-0.25, -0.2) is 8.51 Å². The zero-order valence-electron chi connectivity index (χ0n) is 11.7. The molecule has 0 aliphatic carbocycles. The van der Waals surface area contributed by atoms with Crippen LogP contribution < -0.4 is 0 Å². The number of aryl methyl sites for hydroxylation is 1. The second kappa shape index (κ2) is 6.64. The average molecular weight is 281 g/mol. The zero-order valence-corrected chi connectivity index (χ0v) is 12.5. The van der Waals surface area contributed by atoms with Crippen molar-refractivity contribution in [2.45, 2.75) is 56.6 Å². The van der Waals surface area contributed by atoms with Gasteiger partial charge in [0.2, 0.25) is 0 Å². The summed E-state index contributed by atoms with van der Waals surface area (Å²) in [7, 11) is -1.10. The lowest BCUT2D eigenvalue weighted by Crippen LogP contribution is -2.42. The fraction of sp³-hybridized carbons (Fsp3) is 0.600. The fourth-order valence-corrected chi connectivity index (χ4v) is 4.01. The lowest BCUT2D eigenvalue weighted by Gasteiger charge is -2.35. The van der Waals surface area contributed by atoms with E-state index in [2.05, 4.69) is 4.31 Å². The van der Waals surface area contributed by atoms with Gasteiger partial charge in [-0.3, -0.25) is 0 Å². The Labute approximate surface area is 118 Å². The molecular weight excluding hydrogens is 258 g/mol. The topological polar surface area (TPSA) is 40.5 Å². The van der Waals surface area contributed by atoms with Gasteiger partial charge < -0.3 is 5.11 Å². The standard InChI is InChI=1S/C15H23NO2S/c1-12-6-8-15(9-7-12)19(18)16-10-4-3-5-14(16)11-13(2)17/h6-9,13-14,17H,3-5,10-11H2,1-2H3/t13-,14+,19+/m1/s1. The predicted octanol–water partition coefficient (Wildman–Crippen LogP) is 2.64. The summed E-state index contributed by atoms with van der Waals surface area (Å²) in [5.41, 5.74) is 1.18. The normalized spacial score (nSPS) is 24.1. The molecule has 0 saturated carbocycles. The van der Waals surface area contributed by atoms with Gasteiger partial charge in [-0.15, -0.1) is 0 Å². The molecule has 106 valence electrons. The second-order valence-electron chi connectivity index (χ2n) is 5.44. The van der Waals surface area contributed by atoms with Gasteiger partial charge in [0.25, 0.3) is 0 Å². The van der Waals surface area contributed by atoms with Crippen LogP contribution >= 0.6 is 0 Å². The van der Waals surface area contributed by atoms with Crippen molar-refractivity contribution in [1.82, 2.24) is 4.31 Å². The first-order valence-electron chi connectivity index (χ1n) is 7.01. The molecule has 2 rings (SSSR count). The number of hydrogen-bond acceptors (Lipinski definition) is 2. The fourth-order valence-electron chi connectivity index (χ4n) is 2.61. The summed E-state index contributed by atoms with van der Waals surface area (Å²) in [5, 5.41) is 9.59. The Balaban J connectivity index is 2.12. The summed E-state index contributed by atoms with van der Waals surface area (Å²) in [4.78, 5) is 0.864. The van der Waals surface area contributed by atoms with Crippen molar-refractivity contribution in [2.24, 2.45) is 0 Å². The van der Waals surface area contributed by atoms with E-state index in [1.807, 2.05) is 38.1 Å². The van der Waals surface area contributed by atoms with Crippen LogP contribution in [0.15, 0.2) is 29.2 Å². The largest absolute Gasteiger partial charge is 0.393 e. The van der Waals surface area contributed by atoms with Gasteiger partial charge in [-0.2, -0.15) is 0 Å². The molecule has 1 aliphatic rings. The third kappa shape index (κ3) is 3.88. The lowest BCUT2D eigenvalue weighted by atomic mass is 10.00. The first kappa shape index (κ1) is 14.7. The molecule has 19 heavy (non-hydrogen) atoms. The molecule has 3 atom stereocenters. The first-order valence-corrected chi connectivity index (χ1v) is 8.12. The Morgan fingerprint density at radius 1 is 1.37 bits per heavy atom. The number of rotatable bonds is 4. The van der Waals surface area contributed by atoms with Gasteiger partial charge in [-0.05, 0) is 45.2 Å². The van der Waals surface area contributed by atoms with E-state index in [-0.39, 0.29) is 12.1 Å². The van der Waals surface area contributed by atoms with E-state index < -0.39 is 11.0 Å². The molecule has 0 spiro atoms. The van der Waals surface area contributed by atoms with Crippen LogP contribution in [-0.4, -0.2) is 32.3 Å². The molecule has 1 aromatic carbocycles. The summed E-state index contributed by atoms with van der Waals surface area (Å²) < 4.78 is 14.7. The molecule has 1 fully saturated rings. The summed E-state index contributed by atoms with van der Waals surface area (Å²) in [6.07, 6.45) is 3.66. The number of nitrogens with zero attached hydrogens (tertiary/aromatic N) is 1. The maximum atomic E-state index is 12.7. The number of piperidine rings is 1. The van der Waals surface area contributed by atoms with Crippen molar-refractivity contribution in [2.75, 3.05) is 6.54 Å². The van der Waals surface area contributed by atoms with Crippen LogP contribution in [0.3, 0.4) is 0 Å². The van der Waals surface area contributed by atoms with Gasteiger partial charge in [0.05, 0.1) is 11.0 Å². The molecule has 1 aromatic rings. The van der Waals surface area contributed by atoms with Crippen molar-refractivity contribution < 1.29 is 9.32 Å². The highest BCUT2D eigenvalue weighted by Gasteiger charge is 2.28. The Morgan fingerprint density at radius 3 is 2.68 bits per heavy atom. The summed E-state index contributed by atoms with van der Waals surface area (Å²) >= 11 is 0. The number of aliphatic hydroxyl groups is 1. The molecule has 1 saturated heterocycles. The van der Waals surface area contributed by atoms with E-state index in [9.17, 15) is 9.32 Å². The molecule has 1 aliphatic heterocycles. The lowest BCUT2D eigenvalue weighted by molar-refractivity contribution is 0.134. The minimum Gasteiger partial charge on any atom is -0.393 e. The molecule has 0 amide bonds. The van der Waals surface area contributed by atoms with Crippen LogP contribution in [0, 0.1) is 6.92 Å². The van der Waals surface area contributed by atoms with E-state index in [1.165, 1.54) is 12.0 Å². The Bertz CT molecular complexity index is 430. The van der Waals surface area contributed by atoms with E-state index in [0.29, 0.717) is 6.42 Å². The summed E-state index contributed by atoms with van der Waals surface area (Å²) in [5.74, 6) is 0. The molecule has 0 unspecified atom stereocenters. The van der Waals surface area contributed by atoms with Crippen LogP contribution in [0.25, 0.3) is 0 Å². The Kier molecular flexibility index (Phi) is 5.13. The molecule has 0 bridgehead atoms. The SMILES string of the molecule is Cc1ccc([S@](=O)N2CCCC[C@H]2C[C@@H](C)O)cc1. The van der Waals surface area contributed by atoms with Crippen molar-refractivity contribution in [1.29, 1.82) is 0 Å². The second-order valence-corrected chi connectivity index (χ2v) is 6.88. The van der Waals surface area contributed by atoms with Crippen LogP contribution in [0.1, 0.15) is 38.2 Å². The van der Waals surface area contributed by atoms with Crippen molar-refractivity contribution >= 4 is 11.0 Å². The molecule has 0 aromatic heterocycles. The first-order chi connectivity index (χ1) is 9.08. The van der Waals surface area contributed by atoms with Gasteiger partial charge in [0, 0.05) is 12.6 Å². The highest BCUT2D eigenvalue weighted by molar-refractivity contribution is 7.82. The van der Waals surface area contributed by atoms with Crippen LogP contribution in [-0.2, 0) is 11.0 Å². The smallest absolute Gasteiger partial charge is 0.127 e. The quantitative estimate of drug-likeness (QED) is 0.921. The monoisotopic (exact) mass is 281 g/mol. The molecular formula is C15H23NO2S. The van der Waals surface area contributed by atoms with E-state index in [1.54, 1.807) is 0 Å². The van der Waals surface area contributed by atoms with E-state index in [0.717, 1.165) is 24.3 Å². The molecule has 3 nitrogen and oxygen atoms in total. The van der Waals surface area contributed by atoms with Gasteiger partial charge >= 0.3 is 0 Å². The van der Waals surface area contributed by atoms with Crippen molar-refractivity contribution in [3.8, 4) is 0 Å². The molecule has 0 radical (unpaired) electrons. The minimum absolute atomic E-state index is 0.232. The highest BCUT2D eigenvalue weighted by Crippen LogP contribution is 2.25. The van der Waals surface area contributed by atoms with Crippen LogP contribution in [0.2, 0.25) is 0 Å². The van der Waals surface area contributed by atoms with Gasteiger partial charge in [-0.1, -0.05) is 24.1 Å². The van der Waals surface area contributed by atoms with Crippen molar-refractivity contribution in [3.63, 3.8) is 0 Å². The number of hydrogen-bond donors (Lipinski definition) is 1. The predicted molar refractivity (Wildman–Crippen MR) is 78.2 cm³/mol. The van der Waals surface area contributed by atoms with Gasteiger partial charge in [0.1, 0.15) is 11.0 Å². The summed E-state index contributed by atoms with van der Waals surface area (Å²) in [6.45, 7) is 4.70. The molecule has 4 heteroatoms. The number of aliphatic hydroxyl groups excluding tert-OH is 1. The Hall–Kier alpha value is -0.710. The van der Waals surface area contributed by atoms with E-state index >= 15 is 0 Å². The maximum Gasteiger partial charge on any atom is 0.127 e. The van der Waals surface area contributed by atoms with E-state index in [4.69, 9.17) is 0 Å². The number of benzene rings is 1. The van der Waals surface area contributed by atoms with Crippen LogP contribution in [0.4, 0.5) is 0 Å².